The monoisotopic (exact) mass is 480 g/mol. The second-order valence-corrected chi connectivity index (χ2v) is 8.22. The molecule has 0 spiro atoms. The van der Waals surface area contributed by atoms with Crippen LogP contribution in [0.4, 0.5) is 10.5 Å². The van der Waals surface area contributed by atoms with Crippen LogP contribution in [0.25, 0.3) is 11.1 Å². The van der Waals surface area contributed by atoms with Crippen molar-refractivity contribution < 1.29 is 19.7 Å². The van der Waals surface area contributed by atoms with Gasteiger partial charge in [-0.15, -0.1) is 0 Å². The van der Waals surface area contributed by atoms with E-state index in [4.69, 9.17) is 16.3 Å². The minimum Gasteiger partial charge on any atom is -0.449 e. The van der Waals surface area contributed by atoms with E-state index in [1.54, 1.807) is 12.1 Å². The van der Waals surface area contributed by atoms with Gasteiger partial charge in [-0.1, -0.05) is 66.2 Å². The molecule has 0 aromatic heterocycles. The minimum absolute atomic E-state index is 0.0608. The first-order valence-electron chi connectivity index (χ1n) is 10.3. The summed E-state index contributed by atoms with van der Waals surface area (Å²) < 4.78 is 5.44. The number of hydrogen-bond donors (Lipinski definition) is 3. The van der Waals surface area contributed by atoms with Crippen LogP contribution in [0.2, 0.25) is 5.02 Å². The summed E-state index contributed by atoms with van der Waals surface area (Å²) in [6.45, 7) is -0.0364. The van der Waals surface area contributed by atoms with E-state index in [1.807, 2.05) is 36.4 Å². The number of nitrogens with one attached hydrogen (secondary N) is 1. The first-order valence-corrected chi connectivity index (χ1v) is 11.1. The topological polar surface area (TPSA) is 91.2 Å². The lowest BCUT2D eigenvalue weighted by Crippen LogP contribution is -2.36. The Labute approximate surface area is 201 Å². The number of aliphatic imine (C=N–C) groups is 1. The average Bonchev–Trinajstić information content (AvgIpc) is 3.16. The summed E-state index contributed by atoms with van der Waals surface area (Å²) in [5.74, 6) is -0.0608. The number of isothiocyanates is 1. The standard InChI is InChI=1S/C25H21ClN2O4S/c26-21-11-15(9-10-22(21)28-14-33)24(30)23(29)12-27-25(31)32-13-20-18-7-3-1-5-16(18)17-6-2-4-8-19(17)20/h1-11,20,23-24,29-30H,12-13H2,(H,27,31). The third kappa shape index (κ3) is 4.98. The molecule has 4 rings (SSSR count). The summed E-state index contributed by atoms with van der Waals surface area (Å²) >= 11 is 10.7. The Balaban J connectivity index is 1.34. The van der Waals surface area contributed by atoms with Gasteiger partial charge in [0, 0.05) is 12.5 Å². The summed E-state index contributed by atoms with van der Waals surface area (Å²) in [5.41, 5.74) is 5.29. The molecule has 0 aliphatic heterocycles. The number of nitrogens with zero attached hydrogens (tertiary/aromatic N) is 1. The van der Waals surface area contributed by atoms with E-state index in [-0.39, 0.29) is 24.1 Å². The summed E-state index contributed by atoms with van der Waals surface area (Å²) in [6, 6.07) is 20.7. The maximum atomic E-state index is 12.3. The van der Waals surface area contributed by atoms with Crippen LogP contribution in [0.5, 0.6) is 0 Å². The zero-order valence-corrected chi connectivity index (χ0v) is 19.0. The minimum atomic E-state index is -1.26. The van der Waals surface area contributed by atoms with E-state index in [2.05, 4.69) is 39.8 Å². The maximum absolute atomic E-state index is 12.3. The molecule has 6 nitrogen and oxygen atoms in total. The molecular formula is C25H21ClN2O4S. The Morgan fingerprint density at radius 1 is 1.09 bits per heavy atom. The number of thiocarbonyl (C=S) groups is 1. The van der Waals surface area contributed by atoms with Gasteiger partial charge in [0.05, 0.1) is 15.9 Å². The molecule has 0 saturated heterocycles. The quantitative estimate of drug-likeness (QED) is 0.327. The van der Waals surface area contributed by atoms with E-state index >= 15 is 0 Å². The lowest BCUT2D eigenvalue weighted by molar-refractivity contribution is 0.0185. The number of carbonyl (C=O) groups excluding carboxylic acids is 1. The van der Waals surface area contributed by atoms with Gasteiger partial charge in [0.15, 0.2) is 0 Å². The number of alkyl carbamates (subject to hydrolysis) is 1. The normalized spacial score (nSPS) is 13.9. The molecule has 33 heavy (non-hydrogen) atoms. The van der Waals surface area contributed by atoms with Crippen LogP contribution in [0.3, 0.4) is 0 Å². The van der Waals surface area contributed by atoms with Gasteiger partial charge >= 0.3 is 6.09 Å². The molecule has 0 bridgehead atoms. The molecular weight excluding hydrogens is 460 g/mol. The smallest absolute Gasteiger partial charge is 0.407 e. The van der Waals surface area contributed by atoms with Gasteiger partial charge in [-0.25, -0.2) is 4.79 Å². The van der Waals surface area contributed by atoms with Gasteiger partial charge < -0.3 is 20.3 Å². The molecule has 1 amide bonds. The fraction of sp³-hybridized carbons (Fsp3) is 0.200. The van der Waals surface area contributed by atoms with E-state index in [0.717, 1.165) is 22.3 Å². The average molecular weight is 481 g/mol. The van der Waals surface area contributed by atoms with Crippen molar-refractivity contribution in [3.8, 4) is 11.1 Å². The van der Waals surface area contributed by atoms with Crippen molar-refractivity contribution in [2.24, 2.45) is 4.99 Å². The van der Waals surface area contributed by atoms with Gasteiger partial charge in [0.2, 0.25) is 0 Å². The van der Waals surface area contributed by atoms with E-state index in [9.17, 15) is 15.0 Å². The largest absolute Gasteiger partial charge is 0.449 e. The van der Waals surface area contributed by atoms with E-state index in [1.165, 1.54) is 6.07 Å². The van der Waals surface area contributed by atoms with Gasteiger partial charge in [0.25, 0.3) is 0 Å². The van der Waals surface area contributed by atoms with Gasteiger partial charge in [-0.3, -0.25) is 0 Å². The van der Waals surface area contributed by atoms with Crippen LogP contribution in [-0.2, 0) is 4.74 Å². The highest BCUT2D eigenvalue weighted by molar-refractivity contribution is 7.78. The number of rotatable bonds is 7. The molecule has 2 unspecified atom stereocenters. The lowest BCUT2D eigenvalue weighted by Gasteiger charge is -2.19. The zero-order chi connectivity index (χ0) is 23.4. The highest BCUT2D eigenvalue weighted by atomic mass is 35.5. The number of halogens is 1. The fourth-order valence-corrected chi connectivity index (χ4v) is 4.35. The molecule has 1 aliphatic rings. The van der Waals surface area contributed by atoms with Crippen LogP contribution >= 0.6 is 23.8 Å². The van der Waals surface area contributed by atoms with Gasteiger partial charge in [-0.2, -0.15) is 4.99 Å². The third-order valence-corrected chi connectivity index (χ3v) is 6.04. The number of carbonyl (C=O) groups is 1. The molecule has 3 aromatic carbocycles. The Bertz CT molecular complexity index is 1180. The van der Waals surface area contributed by atoms with E-state index < -0.39 is 18.3 Å². The van der Waals surface area contributed by atoms with Crippen molar-refractivity contribution >= 4 is 40.8 Å². The third-order valence-electron chi connectivity index (χ3n) is 5.64. The predicted octanol–water partition coefficient (Wildman–Crippen LogP) is 5.01. The van der Waals surface area contributed by atoms with Crippen LogP contribution in [0.1, 0.15) is 28.7 Å². The second-order valence-electron chi connectivity index (χ2n) is 7.63. The summed E-state index contributed by atoms with van der Waals surface area (Å²) in [5, 5.41) is 25.7. The second kappa shape index (κ2) is 10.3. The predicted molar refractivity (Wildman–Crippen MR) is 130 cm³/mol. The van der Waals surface area contributed by atoms with Crippen molar-refractivity contribution in [2.45, 2.75) is 18.1 Å². The molecule has 8 heteroatoms. The van der Waals surface area contributed by atoms with Gasteiger partial charge in [-0.05, 0) is 52.2 Å². The van der Waals surface area contributed by atoms with Gasteiger partial charge in [0.1, 0.15) is 18.8 Å². The van der Waals surface area contributed by atoms with Crippen LogP contribution in [0, 0.1) is 0 Å². The Kier molecular flexibility index (Phi) is 7.18. The molecule has 168 valence electrons. The first-order chi connectivity index (χ1) is 16.0. The Morgan fingerprint density at radius 3 is 2.33 bits per heavy atom. The maximum Gasteiger partial charge on any atom is 0.407 e. The molecule has 0 heterocycles. The number of benzene rings is 3. The fourth-order valence-electron chi connectivity index (χ4n) is 4.02. The van der Waals surface area contributed by atoms with Crippen molar-refractivity contribution in [2.75, 3.05) is 13.2 Å². The number of aliphatic hydroxyl groups is 2. The lowest BCUT2D eigenvalue weighted by atomic mass is 9.98. The van der Waals surface area contributed by atoms with Crippen molar-refractivity contribution in [3.63, 3.8) is 0 Å². The van der Waals surface area contributed by atoms with Crippen LogP contribution in [-0.4, -0.2) is 40.7 Å². The number of hydrogen-bond acceptors (Lipinski definition) is 6. The molecule has 0 radical (unpaired) electrons. The van der Waals surface area contributed by atoms with Crippen molar-refractivity contribution in [1.82, 2.24) is 5.32 Å². The van der Waals surface area contributed by atoms with Crippen molar-refractivity contribution in [1.29, 1.82) is 0 Å². The molecule has 1 aliphatic carbocycles. The molecule has 0 saturated carbocycles. The number of ether oxygens (including phenoxy) is 1. The highest BCUT2D eigenvalue weighted by Gasteiger charge is 2.29. The summed E-state index contributed by atoms with van der Waals surface area (Å²) in [7, 11) is 0. The number of fused-ring (bicyclic) bond motifs is 3. The van der Waals surface area contributed by atoms with E-state index in [0.29, 0.717) is 11.3 Å². The highest BCUT2D eigenvalue weighted by Crippen LogP contribution is 2.44. The van der Waals surface area contributed by atoms with Crippen molar-refractivity contribution in [3.05, 3.63) is 88.4 Å². The molecule has 3 aromatic rings. The van der Waals surface area contributed by atoms with Crippen LogP contribution < -0.4 is 5.32 Å². The Hall–Kier alpha value is -3.06. The van der Waals surface area contributed by atoms with Crippen LogP contribution in [0.15, 0.2) is 71.7 Å². The summed E-state index contributed by atoms with van der Waals surface area (Å²) in [6.07, 6.45) is -3.20. The molecule has 0 fully saturated rings. The molecule has 3 N–H and O–H groups in total. The number of amides is 1. The zero-order valence-electron chi connectivity index (χ0n) is 17.4. The molecule has 2 atom stereocenters. The number of aliphatic hydroxyl groups excluding tert-OH is 2. The Morgan fingerprint density at radius 2 is 1.73 bits per heavy atom. The summed E-state index contributed by atoms with van der Waals surface area (Å²) in [4.78, 5) is 16.1. The first kappa shape index (κ1) is 23.1. The SMILES string of the molecule is O=C(NCC(O)C(O)c1ccc(N=C=S)c(Cl)c1)OCC1c2ccccc2-c2ccccc21.